The van der Waals surface area contributed by atoms with Gasteiger partial charge in [0.05, 0.1) is 24.6 Å². The van der Waals surface area contributed by atoms with Crippen molar-refractivity contribution in [1.29, 1.82) is 0 Å². The van der Waals surface area contributed by atoms with E-state index in [-0.39, 0.29) is 46.6 Å². The van der Waals surface area contributed by atoms with E-state index >= 15 is 4.39 Å². The molecule has 4 heterocycles. The highest BCUT2D eigenvalue weighted by Crippen LogP contribution is 2.42. The van der Waals surface area contributed by atoms with Gasteiger partial charge in [0.1, 0.15) is 18.2 Å². The highest BCUT2D eigenvalue weighted by molar-refractivity contribution is 5.75. The Bertz CT molecular complexity index is 1240. The van der Waals surface area contributed by atoms with Crippen molar-refractivity contribution in [3.8, 4) is 34.0 Å². The second-order valence-corrected chi connectivity index (χ2v) is 10.7. The summed E-state index contributed by atoms with van der Waals surface area (Å²) in [7, 11) is 1.46. The number of nitrogens with zero attached hydrogens (tertiary/aromatic N) is 5. The number of phenolic OH excluding ortho intramolecular Hbond substituents is 1. The maximum absolute atomic E-state index is 15.2. The molecule has 2 fully saturated rings. The van der Waals surface area contributed by atoms with Gasteiger partial charge in [-0.15, -0.1) is 15.3 Å². The van der Waals surface area contributed by atoms with Gasteiger partial charge in [-0.3, -0.25) is 0 Å². The van der Waals surface area contributed by atoms with Crippen LogP contribution in [0.3, 0.4) is 0 Å². The first-order valence-corrected chi connectivity index (χ1v) is 12.6. The number of piperidine rings is 2. The Kier molecular flexibility index (Phi) is 6.70. The van der Waals surface area contributed by atoms with Crippen LogP contribution in [-0.2, 0) is 0 Å². The molecule has 1 aromatic carbocycles. The number of hydrogen-bond donors (Lipinski definition) is 2. The van der Waals surface area contributed by atoms with Crippen LogP contribution >= 0.6 is 0 Å². The predicted molar refractivity (Wildman–Crippen MR) is 137 cm³/mol. The van der Waals surface area contributed by atoms with E-state index in [1.165, 1.54) is 31.9 Å². The quantitative estimate of drug-likeness (QED) is 0.473. The largest absolute Gasteiger partial charge is 0.507 e. The topological polar surface area (TPSA) is 96.3 Å². The van der Waals surface area contributed by atoms with Crippen LogP contribution in [0.25, 0.3) is 22.4 Å². The average Bonchev–Trinajstić information content (AvgIpc) is 2.86. The van der Waals surface area contributed by atoms with E-state index in [2.05, 4.69) is 39.6 Å². The van der Waals surface area contributed by atoms with Gasteiger partial charge in [0.25, 0.3) is 0 Å². The molecule has 0 saturated carbocycles. The standard InChI is InChI=1S/C27H32F2N6O2/c1-26-7-4-8-27(2,34-26)15-19(14-26)35(10-9-28)23-6-5-21(31-32-23)25-20(29)11-17(12-22(25)36)18-13-24(37-3)33-30-16-18/h5-6,11-13,16,19,34,36H,4,7-10,14-15H2,1-3H3/t19?,26-,27+. The monoisotopic (exact) mass is 510 g/mol. The number of benzene rings is 1. The first-order chi connectivity index (χ1) is 17.7. The molecule has 10 heteroatoms. The highest BCUT2D eigenvalue weighted by Gasteiger charge is 2.47. The number of alkyl halides is 1. The van der Waals surface area contributed by atoms with Crippen LogP contribution in [0.1, 0.15) is 46.0 Å². The molecule has 0 spiro atoms. The number of fused-ring (bicyclic) bond motifs is 2. The molecule has 37 heavy (non-hydrogen) atoms. The molecule has 196 valence electrons. The molecular weight excluding hydrogens is 478 g/mol. The van der Waals surface area contributed by atoms with Crippen molar-refractivity contribution in [1.82, 2.24) is 25.7 Å². The van der Waals surface area contributed by atoms with Gasteiger partial charge in [-0.2, -0.15) is 5.10 Å². The van der Waals surface area contributed by atoms with E-state index in [1.54, 1.807) is 18.2 Å². The minimum Gasteiger partial charge on any atom is -0.507 e. The summed E-state index contributed by atoms with van der Waals surface area (Å²) in [6.07, 6.45) is 6.59. The summed E-state index contributed by atoms with van der Waals surface area (Å²) in [5.41, 5.74) is 1.11. The lowest BCUT2D eigenvalue weighted by Crippen LogP contribution is -2.67. The number of methoxy groups -OCH3 is 1. The zero-order chi connectivity index (χ0) is 26.2. The zero-order valence-corrected chi connectivity index (χ0v) is 21.3. The summed E-state index contributed by atoms with van der Waals surface area (Å²) in [5.74, 6) is -0.105. The summed E-state index contributed by atoms with van der Waals surface area (Å²) in [4.78, 5) is 1.99. The first-order valence-electron chi connectivity index (χ1n) is 12.6. The summed E-state index contributed by atoms with van der Waals surface area (Å²) >= 11 is 0. The fraction of sp³-hybridized carbons (Fsp3) is 0.481. The molecule has 0 aliphatic carbocycles. The van der Waals surface area contributed by atoms with Crippen LogP contribution in [0, 0.1) is 5.82 Å². The lowest BCUT2D eigenvalue weighted by atomic mass is 9.69. The van der Waals surface area contributed by atoms with E-state index in [0.29, 0.717) is 16.9 Å². The number of phenols is 1. The Hall–Kier alpha value is -3.40. The summed E-state index contributed by atoms with van der Waals surface area (Å²) in [6, 6.07) is 7.80. The Labute approximate surface area is 215 Å². The molecule has 2 N–H and O–H groups in total. The number of anilines is 1. The molecule has 8 nitrogen and oxygen atoms in total. The third-order valence-electron chi connectivity index (χ3n) is 7.64. The van der Waals surface area contributed by atoms with Crippen LogP contribution in [-0.4, -0.2) is 63.0 Å². The minimum atomic E-state index is -0.652. The van der Waals surface area contributed by atoms with Crippen molar-refractivity contribution in [2.75, 3.05) is 25.2 Å². The number of nitrogens with one attached hydrogen (secondary N) is 1. The zero-order valence-electron chi connectivity index (χ0n) is 21.3. The molecule has 2 aromatic heterocycles. The summed E-state index contributed by atoms with van der Waals surface area (Å²) in [6.45, 7) is 4.19. The van der Waals surface area contributed by atoms with E-state index in [1.807, 2.05) is 4.90 Å². The first kappa shape index (κ1) is 25.3. The fourth-order valence-corrected chi connectivity index (χ4v) is 6.17. The highest BCUT2D eigenvalue weighted by atomic mass is 19.1. The second kappa shape index (κ2) is 9.81. The Morgan fingerprint density at radius 3 is 2.46 bits per heavy atom. The van der Waals surface area contributed by atoms with Crippen molar-refractivity contribution in [2.45, 2.75) is 63.1 Å². The molecule has 3 aromatic rings. The summed E-state index contributed by atoms with van der Waals surface area (Å²) < 4.78 is 33.9. The molecular formula is C27H32F2N6O2. The maximum Gasteiger partial charge on any atom is 0.233 e. The fourth-order valence-electron chi connectivity index (χ4n) is 6.17. The molecule has 2 aliphatic rings. The van der Waals surface area contributed by atoms with Crippen LogP contribution in [0.15, 0.2) is 36.5 Å². The minimum absolute atomic E-state index is 0.00284. The van der Waals surface area contributed by atoms with Gasteiger partial charge in [-0.05, 0) is 75.8 Å². The maximum atomic E-state index is 15.2. The number of halogens is 2. The Morgan fingerprint density at radius 2 is 1.84 bits per heavy atom. The lowest BCUT2D eigenvalue weighted by molar-refractivity contribution is 0.0767. The van der Waals surface area contributed by atoms with E-state index in [4.69, 9.17) is 4.74 Å². The number of ether oxygens (including phenoxy) is 1. The van der Waals surface area contributed by atoms with Gasteiger partial charge in [-0.1, -0.05) is 0 Å². The van der Waals surface area contributed by atoms with Gasteiger partial charge < -0.3 is 20.1 Å². The van der Waals surface area contributed by atoms with Gasteiger partial charge >= 0.3 is 0 Å². The predicted octanol–water partition coefficient (Wildman–Crippen LogP) is 4.68. The lowest BCUT2D eigenvalue weighted by Gasteiger charge is -2.55. The molecule has 0 amide bonds. The van der Waals surface area contributed by atoms with Crippen LogP contribution < -0.4 is 15.0 Å². The Morgan fingerprint density at radius 1 is 1.08 bits per heavy atom. The smallest absolute Gasteiger partial charge is 0.233 e. The second-order valence-electron chi connectivity index (χ2n) is 10.7. The Balaban J connectivity index is 1.42. The third kappa shape index (κ3) is 5.07. The molecule has 2 bridgehead atoms. The SMILES string of the molecule is COc1cc(-c2cc(O)c(-c3ccc(N(CCF)C4C[C@]5(C)CCC[C@](C)(C4)N5)nn3)c(F)c2)cnn1. The molecule has 0 radical (unpaired) electrons. The molecule has 2 aliphatic heterocycles. The summed E-state index contributed by atoms with van der Waals surface area (Å²) in [5, 5.41) is 30.7. The van der Waals surface area contributed by atoms with E-state index in [9.17, 15) is 9.50 Å². The molecule has 5 rings (SSSR count). The normalized spacial score (nSPS) is 25.1. The number of aromatic hydroxyl groups is 1. The molecule has 3 atom stereocenters. The van der Waals surface area contributed by atoms with Gasteiger partial charge in [-0.25, -0.2) is 8.78 Å². The molecule has 2 saturated heterocycles. The van der Waals surface area contributed by atoms with Crippen molar-refractivity contribution in [3.63, 3.8) is 0 Å². The van der Waals surface area contributed by atoms with Crippen molar-refractivity contribution in [3.05, 3.63) is 42.3 Å². The van der Waals surface area contributed by atoms with Gasteiger partial charge in [0, 0.05) is 35.3 Å². The van der Waals surface area contributed by atoms with Crippen LogP contribution in [0.4, 0.5) is 14.6 Å². The van der Waals surface area contributed by atoms with Crippen molar-refractivity contribution in [2.24, 2.45) is 0 Å². The van der Waals surface area contributed by atoms with Crippen molar-refractivity contribution >= 4 is 5.82 Å². The third-order valence-corrected chi connectivity index (χ3v) is 7.64. The number of aromatic nitrogens is 4. The van der Waals surface area contributed by atoms with Crippen LogP contribution in [0.2, 0.25) is 0 Å². The van der Waals surface area contributed by atoms with Crippen molar-refractivity contribution < 1.29 is 18.6 Å². The van der Waals surface area contributed by atoms with Crippen LogP contribution in [0.5, 0.6) is 11.6 Å². The van der Waals surface area contributed by atoms with E-state index < -0.39 is 12.5 Å². The van der Waals surface area contributed by atoms with Gasteiger partial charge in [0.15, 0.2) is 5.82 Å². The average molecular weight is 511 g/mol. The molecule has 1 unspecified atom stereocenters. The number of hydrogen-bond acceptors (Lipinski definition) is 8. The van der Waals surface area contributed by atoms with Gasteiger partial charge in [0.2, 0.25) is 5.88 Å². The number of rotatable bonds is 7. The van der Waals surface area contributed by atoms with E-state index in [0.717, 1.165) is 25.7 Å².